The van der Waals surface area contributed by atoms with Gasteiger partial charge in [0.1, 0.15) is 5.75 Å². The first-order valence-electron chi connectivity index (χ1n) is 10.6. The van der Waals surface area contributed by atoms with E-state index in [1.807, 2.05) is 30.3 Å². The Morgan fingerprint density at radius 2 is 1.77 bits per heavy atom. The molecule has 31 heavy (non-hydrogen) atoms. The molecule has 1 atom stereocenters. The largest absolute Gasteiger partial charge is 0.508 e. The number of anilines is 1. The predicted octanol–water partition coefficient (Wildman–Crippen LogP) is 5.33. The number of piperazine rings is 1. The Labute approximate surface area is 188 Å². The van der Waals surface area contributed by atoms with Crippen LogP contribution in [0.2, 0.25) is 5.02 Å². The van der Waals surface area contributed by atoms with Crippen molar-refractivity contribution < 1.29 is 5.11 Å². The predicted molar refractivity (Wildman–Crippen MR) is 126 cm³/mol. The van der Waals surface area contributed by atoms with Gasteiger partial charge in [0.05, 0.1) is 28.4 Å². The van der Waals surface area contributed by atoms with Crippen molar-refractivity contribution in [1.29, 1.82) is 5.26 Å². The number of rotatable bonds is 5. The molecule has 1 N–H and O–H groups in total. The molecule has 1 fully saturated rings. The Morgan fingerprint density at radius 1 is 1.03 bits per heavy atom. The summed E-state index contributed by atoms with van der Waals surface area (Å²) in [6.07, 6.45) is 0.951. The van der Waals surface area contributed by atoms with E-state index in [0.717, 1.165) is 38.3 Å². The highest BCUT2D eigenvalue weighted by atomic mass is 35.5. The van der Waals surface area contributed by atoms with Gasteiger partial charge in [0, 0.05) is 32.2 Å². The minimum atomic E-state index is 0.178. The van der Waals surface area contributed by atoms with E-state index in [4.69, 9.17) is 16.9 Å². The van der Waals surface area contributed by atoms with Crippen molar-refractivity contribution in [3.05, 3.63) is 94.0 Å². The maximum absolute atomic E-state index is 9.77. The quantitative estimate of drug-likeness (QED) is 0.593. The minimum Gasteiger partial charge on any atom is -0.508 e. The third kappa shape index (κ3) is 5.02. The van der Waals surface area contributed by atoms with Gasteiger partial charge in [0.25, 0.3) is 0 Å². The van der Waals surface area contributed by atoms with Gasteiger partial charge in [-0.25, -0.2) is 0 Å². The number of nitrogens with zero attached hydrogens (tertiary/aromatic N) is 3. The molecule has 158 valence electrons. The lowest BCUT2D eigenvalue weighted by molar-refractivity contribution is 0.226. The molecule has 0 bridgehead atoms. The third-order valence-corrected chi connectivity index (χ3v) is 6.27. The van der Waals surface area contributed by atoms with Gasteiger partial charge in [-0.2, -0.15) is 5.26 Å². The van der Waals surface area contributed by atoms with Crippen molar-refractivity contribution in [3.63, 3.8) is 0 Å². The van der Waals surface area contributed by atoms with Crippen molar-refractivity contribution in [2.45, 2.75) is 19.4 Å². The lowest BCUT2D eigenvalue weighted by Crippen LogP contribution is -2.49. The molecule has 1 heterocycles. The first-order chi connectivity index (χ1) is 15.0. The molecule has 0 saturated carbocycles. The Balaban J connectivity index is 1.53. The topological polar surface area (TPSA) is 50.5 Å². The highest BCUT2D eigenvalue weighted by Crippen LogP contribution is 2.36. The molecule has 0 spiro atoms. The summed E-state index contributed by atoms with van der Waals surface area (Å²) in [6, 6.07) is 24.1. The fourth-order valence-corrected chi connectivity index (χ4v) is 4.45. The molecule has 4 nitrogen and oxygen atoms in total. The average molecular weight is 432 g/mol. The highest BCUT2D eigenvalue weighted by Gasteiger charge is 2.29. The molecule has 5 heteroatoms. The fraction of sp³-hybridized carbons (Fsp3) is 0.269. The van der Waals surface area contributed by atoms with Crippen molar-refractivity contribution >= 4 is 17.3 Å². The van der Waals surface area contributed by atoms with Crippen LogP contribution in [0.5, 0.6) is 5.75 Å². The number of aromatic hydroxyl groups is 1. The van der Waals surface area contributed by atoms with Gasteiger partial charge < -0.3 is 10.0 Å². The molecule has 4 rings (SSSR count). The highest BCUT2D eigenvalue weighted by molar-refractivity contribution is 6.33. The Hall–Kier alpha value is -3.00. The van der Waals surface area contributed by atoms with E-state index in [2.05, 4.69) is 47.1 Å². The van der Waals surface area contributed by atoms with Gasteiger partial charge in [-0.15, -0.1) is 0 Å². The summed E-state index contributed by atoms with van der Waals surface area (Å²) in [5.74, 6) is 0.182. The summed E-state index contributed by atoms with van der Waals surface area (Å²) < 4.78 is 0. The molecule has 0 aliphatic carbocycles. The van der Waals surface area contributed by atoms with Gasteiger partial charge in [-0.1, -0.05) is 53.6 Å². The van der Waals surface area contributed by atoms with Crippen molar-refractivity contribution in [2.75, 3.05) is 31.1 Å². The first kappa shape index (κ1) is 21.2. The standard InChI is InChI=1S/C26H26ClN3O/c1-19-2-8-22(9-3-19)26-18-29(13-12-20-4-6-21(17-28)7-5-20)14-15-30(26)25-11-10-23(31)16-24(25)27/h2-11,16,26,31H,12-15,18H2,1H3/t26-/m0/s1. The van der Waals surface area contributed by atoms with Crippen molar-refractivity contribution in [2.24, 2.45) is 0 Å². The second-order valence-electron chi connectivity index (χ2n) is 8.11. The van der Waals surface area contributed by atoms with Crippen LogP contribution >= 0.6 is 11.6 Å². The summed E-state index contributed by atoms with van der Waals surface area (Å²) in [5, 5.41) is 19.3. The van der Waals surface area contributed by atoms with Crippen LogP contribution in [0.25, 0.3) is 0 Å². The Morgan fingerprint density at radius 3 is 2.45 bits per heavy atom. The van der Waals surface area contributed by atoms with Crippen LogP contribution in [0.1, 0.15) is 28.3 Å². The zero-order valence-electron chi connectivity index (χ0n) is 17.6. The number of aryl methyl sites for hydroxylation is 1. The normalized spacial score (nSPS) is 16.8. The number of phenols is 1. The number of phenolic OH excluding ortho intramolecular Hbond substituents is 1. The molecule has 1 saturated heterocycles. The van der Waals surface area contributed by atoms with E-state index in [-0.39, 0.29) is 11.8 Å². The summed E-state index contributed by atoms with van der Waals surface area (Å²) in [6.45, 7) is 5.76. The molecule has 3 aromatic rings. The van der Waals surface area contributed by atoms with Gasteiger partial charge in [0.2, 0.25) is 0 Å². The number of hydrogen-bond donors (Lipinski definition) is 1. The van der Waals surface area contributed by atoms with Crippen LogP contribution in [0.3, 0.4) is 0 Å². The van der Waals surface area contributed by atoms with E-state index in [9.17, 15) is 5.11 Å². The van der Waals surface area contributed by atoms with Crippen LogP contribution < -0.4 is 4.90 Å². The molecular formula is C26H26ClN3O. The molecule has 1 aliphatic rings. The van der Waals surface area contributed by atoms with Crippen molar-refractivity contribution in [3.8, 4) is 11.8 Å². The van der Waals surface area contributed by atoms with Gasteiger partial charge >= 0.3 is 0 Å². The second-order valence-corrected chi connectivity index (χ2v) is 8.52. The van der Waals surface area contributed by atoms with E-state index in [1.165, 1.54) is 16.7 Å². The summed E-state index contributed by atoms with van der Waals surface area (Å²) in [7, 11) is 0. The van der Waals surface area contributed by atoms with E-state index in [1.54, 1.807) is 12.1 Å². The molecule has 1 aliphatic heterocycles. The number of halogens is 1. The minimum absolute atomic E-state index is 0.178. The Bertz CT molecular complexity index is 1070. The average Bonchev–Trinajstić information content (AvgIpc) is 2.79. The van der Waals surface area contributed by atoms with Crippen LogP contribution in [0.4, 0.5) is 5.69 Å². The molecule has 0 radical (unpaired) electrons. The summed E-state index contributed by atoms with van der Waals surface area (Å²) >= 11 is 6.50. The van der Waals surface area contributed by atoms with E-state index in [0.29, 0.717) is 10.6 Å². The number of benzene rings is 3. The van der Waals surface area contributed by atoms with Gasteiger partial charge in [0.15, 0.2) is 0 Å². The fourth-order valence-electron chi connectivity index (χ4n) is 4.17. The van der Waals surface area contributed by atoms with Crippen LogP contribution in [0.15, 0.2) is 66.7 Å². The zero-order chi connectivity index (χ0) is 21.8. The first-order valence-corrected chi connectivity index (χ1v) is 10.9. The third-order valence-electron chi connectivity index (χ3n) is 5.97. The number of hydrogen-bond acceptors (Lipinski definition) is 4. The van der Waals surface area contributed by atoms with Crippen LogP contribution in [-0.2, 0) is 6.42 Å². The van der Waals surface area contributed by atoms with E-state index >= 15 is 0 Å². The Kier molecular flexibility index (Phi) is 6.46. The summed E-state index contributed by atoms with van der Waals surface area (Å²) in [4.78, 5) is 4.85. The molecule has 0 unspecified atom stereocenters. The smallest absolute Gasteiger partial charge is 0.117 e. The van der Waals surface area contributed by atoms with Gasteiger partial charge in [-0.05, 0) is 48.7 Å². The van der Waals surface area contributed by atoms with Crippen LogP contribution in [-0.4, -0.2) is 36.2 Å². The second kappa shape index (κ2) is 9.43. The molecule has 0 aromatic heterocycles. The lowest BCUT2D eigenvalue weighted by Gasteiger charge is -2.43. The van der Waals surface area contributed by atoms with E-state index < -0.39 is 0 Å². The SMILES string of the molecule is Cc1ccc([C@@H]2CN(CCc3ccc(C#N)cc3)CCN2c2ccc(O)cc2Cl)cc1. The lowest BCUT2D eigenvalue weighted by atomic mass is 9.99. The van der Waals surface area contributed by atoms with Crippen molar-refractivity contribution in [1.82, 2.24) is 4.90 Å². The maximum atomic E-state index is 9.77. The molecular weight excluding hydrogens is 406 g/mol. The zero-order valence-corrected chi connectivity index (χ0v) is 18.4. The molecule has 0 amide bonds. The monoisotopic (exact) mass is 431 g/mol. The van der Waals surface area contributed by atoms with Crippen LogP contribution in [0, 0.1) is 18.3 Å². The number of nitriles is 1. The van der Waals surface area contributed by atoms with Gasteiger partial charge in [-0.3, -0.25) is 4.90 Å². The molecule has 3 aromatic carbocycles. The maximum Gasteiger partial charge on any atom is 0.117 e. The summed E-state index contributed by atoms with van der Waals surface area (Å²) in [5.41, 5.74) is 5.40.